The molecule has 0 amide bonds. The maximum absolute atomic E-state index is 14.0. The minimum Gasteiger partial charge on any atom is -0.320 e. The van der Waals surface area contributed by atoms with Gasteiger partial charge in [-0.1, -0.05) is 29.3 Å². The van der Waals surface area contributed by atoms with Gasteiger partial charge in [0.05, 0.1) is 10.5 Å². The third kappa shape index (κ3) is 2.92. The molecule has 0 saturated carbocycles. The summed E-state index contributed by atoms with van der Waals surface area (Å²) in [6.45, 7) is 0. The van der Waals surface area contributed by atoms with Crippen LogP contribution in [0.1, 0.15) is 17.2 Å². The number of halogens is 5. The lowest BCUT2D eigenvalue weighted by Gasteiger charge is -2.16. The predicted octanol–water partition coefficient (Wildman–Crippen LogP) is 5.08. The van der Waals surface area contributed by atoms with Crippen molar-refractivity contribution in [2.75, 3.05) is 0 Å². The summed E-state index contributed by atoms with van der Waals surface area (Å²) in [4.78, 5) is 0. The topological polar surface area (TPSA) is 26.0 Å². The van der Waals surface area contributed by atoms with E-state index in [0.29, 0.717) is 10.6 Å². The summed E-state index contributed by atoms with van der Waals surface area (Å²) in [7, 11) is 0. The molecule has 0 spiro atoms. The van der Waals surface area contributed by atoms with Crippen LogP contribution in [-0.2, 0) is 0 Å². The quantitative estimate of drug-likeness (QED) is 0.736. The molecule has 1 unspecified atom stereocenters. The van der Waals surface area contributed by atoms with Crippen LogP contribution >= 0.6 is 39.1 Å². The van der Waals surface area contributed by atoms with Gasteiger partial charge >= 0.3 is 0 Å². The van der Waals surface area contributed by atoms with Crippen LogP contribution in [-0.4, -0.2) is 0 Å². The Bertz CT molecular complexity index is 634. The van der Waals surface area contributed by atoms with Gasteiger partial charge in [-0.2, -0.15) is 0 Å². The predicted molar refractivity (Wildman–Crippen MR) is 76.6 cm³/mol. The molecule has 0 aromatic heterocycles. The van der Waals surface area contributed by atoms with Gasteiger partial charge in [0, 0.05) is 15.6 Å². The molecular formula is C13H8BrCl2F2N. The lowest BCUT2D eigenvalue weighted by molar-refractivity contribution is 0.539. The van der Waals surface area contributed by atoms with Crippen LogP contribution in [0.2, 0.25) is 10.0 Å². The summed E-state index contributed by atoms with van der Waals surface area (Å²) < 4.78 is 27.9. The summed E-state index contributed by atoms with van der Waals surface area (Å²) in [5.74, 6) is -1.46. The summed E-state index contributed by atoms with van der Waals surface area (Å²) >= 11 is 14.8. The van der Waals surface area contributed by atoms with Crippen LogP contribution in [0.4, 0.5) is 8.78 Å². The smallest absolute Gasteiger partial charge is 0.145 e. The normalized spacial score (nSPS) is 12.5. The number of rotatable bonds is 2. The molecule has 0 bridgehead atoms. The maximum atomic E-state index is 14.0. The van der Waals surface area contributed by atoms with E-state index >= 15 is 0 Å². The Kier molecular flexibility index (Phi) is 4.46. The minimum atomic E-state index is -1.01. The Labute approximate surface area is 127 Å². The highest BCUT2D eigenvalue weighted by Crippen LogP contribution is 2.33. The molecule has 2 rings (SSSR count). The van der Waals surface area contributed by atoms with Crippen molar-refractivity contribution in [3.63, 3.8) is 0 Å². The van der Waals surface area contributed by atoms with Gasteiger partial charge in [0.2, 0.25) is 0 Å². The fourth-order valence-electron chi connectivity index (χ4n) is 1.74. The van der Waals surface area contributed by atoms with Gasteiger partial charge in [0.15, 0.2) is 0 Å². The van der Waals surface area contributed by atoms with Crippen molar-refractivity contribution in [2.24, 2.45) is 5.73 Å². The molecule has 0 saturated heterocycles. The minimum absolute atomic E-state index is 0.143. The molecule has 19 heavy (non-hydrogen) atoms. The number of benzene rings is 2. The van der Waals surface area contributed by atoms with Crippen molar-refractivity contribution < 1.29 is 8.78 Å². The van der Waals surface area contributed by atoms with E-state index in [2.05, 4.69) is 15.9 Å². The summed E-state index contributed by atoms with van der Waals surface area (Å²) in [6, 6.07) is 6.01. The average Bonchev–Trinajstić information content (AvgIpc) is 2.34. The fraction of sp³-hybridized carbons (Fsp3) is 0.0769. The Hall–Kier alpha value is -0.680. The number of nitrogens with two attached hydrogens (primary N) is 1. The monoisotopic (exact) mass is 365 g/mol. The Balaban J connectivity index is 2.56. The van der Waals surface area contributed by atoms with Crippen molar-refractivity contribution in [3.8, 4) is 0 Å². The zero-order valence-corrected chi connectivity index (χ0v) is 12.5. The highest BCUT2D eigenvalue weighted by molar-refractivity contribution is 9.10. The second-order valence-corrected chi connectivity index (χ2v) is 5.60. The molecule has 2 aromatic rings. The lowest BCUT2D eigenvalue weighted by atomic mass is 9.98. The summed E-state index contributed by atoms with van der Waals surface area (Å²) in [5, 5.41) is 0.690. The molecule has 2 aromatic carbocycles. The van der Waals surface area contributed by atoms with E-state index in [1.807, 2.05) is 0 Å². The van der Waals surface area contributed by atoms with E-state index in [-0.39, 0.29) is 15.1 Å². The van der Waals surface area contributed by atoms with Gasteiger partial charge in [0.25, 0.3) is 0 Å². The van der Waals surface area contributed by atoms with Crippen LogP contribution in [0, 0.1) is 11.6 Å². The van der Waals surface area contributed by atoms with Crippen molar-refractivity contribution in [1.82, 2.24) is 0 Å². The van der Waals surface area contributed by atoms with E-state index in [1.165, 1.54) is 12.1 Å². The molecule has 0 aliphatic heterocycles. The number of hydrogen-bond acceptors (Lipinski definition) is 1. The van der Waals surface area contributed by atoms with Crippen LogP contribution in [0.5, 0.6) is 0 Å². The van der Waals surface area contributed by atoms with Crippen LogP contribution in [0.15, 0.2) is 34.8 Å². The first-order valence-electron chi connectivity index (χ1n) is 5.25. The van der Waals surface area contributed by atoms with Crippen molar-refractivity contribution >= 4 is 39.1 Å². The molecular weight excluding hydrogens is 359 g/mol. The third-order valence-electron chi connectivity index (χ3n) is 2.69. The molecule has 0 heterocycles. The van der Waals surface area contributed by atoms with E-state index in [0.717, 1.165) is 6.07 Å². The average molecular weight is 367 g/mol. The third-order valence-corrected chi connectivity index (χ3v) is 3.86. The van der Waals surface area contributed by atoms with Crippen LogP contribution in [0.3, 0.4) is 0 Å². The fourth-order valence-corrected chi connectivity index (χ4v) is 2.61. The molecule has 1 atom stereocenters. The second-order valence-electron chi connectivity index (χ2n) is 3.90. The second kappa shape index (κ2) is 5.75. The molecule has 100 valence electrons. The highest BCUT2D eigenvalue weighted by atomic mass is 79.9. The standard InChI is InChI=1S/C13H8BrCl2F2N/c14-8-3-4-10(17)11(12(8)18)13(19)7-2-1-6(15)5-9(7)16/h1-5,13H,19H2. The van der Waals surface area contributed by atoms with Crippen LogP contribution < -0.4 is 5.73 Å². The van der Waals surface area contributed by atoms with Gasteiger partial charge in [-0.25, -0.2) is 8.78 Å². The summed E-state index contributed by atoms with van der Waals surface area (Å²) in [5.41, 5.74) is 6.08. The van der Waals surface area contributed by atoms with Crippen molar-refractivity contribution in [1.29, 1.82) is 0 Å². The Morgan fingerprint density at radius 1 is 1.11 bits per heavy atom. The largest absolute Gasteiger partial charge is 0.320 e. The van der Waals surface area contributed by atoms with Crippen LogP contribution in [0.25, 0.3) is 0 Å². The van der Waals surface area contributed by atoms with Gasteiger partial charge < -0.3 is 5.73 Å². The zero-order chi connectivity index (χ0) is 14.2. The summed E-state index contributed by atoms with van der Waals surface area (Å²) in [6.07, 6.45) is 0. The highest BCUT2D eigenvalue weighted by Gasteiger charge is 2.22. The van der Waals surface area contributed by atoms with Gasteiger partial charge in [-0.15, -0.1) is 0 Å². The molecule has 1 nitrogen and oxygen atoms in total. The van der Waals surface area contributed by atoms with Gasteiger partial charge in [-0.3, -0.25) is 0 Å². The lowest BCUT2D eigenvalue weighted by Crippen LogP contribution is -2.16. The molecule has 2 N–H and O–H groups in total. The molecule has 0 fully saturated rings. The van der Waals surface area contributed by atoms with E-state index < -0.39 is 17.7 Å². The Morgan fingerprint density at radius 2 is 1.79 bits per heavy atom. The molecule has 0 aliphatic carbocycles. The first-order chi connectivity index (χ1) is 8.91. The zero-order valence-electron chi connectivity index (χ0n) is 9.43. The van der Waals surface area contributed by atoms with Gasteiger partial charge in [0.1, 0.15) is 11.6 Å². The first-order valence-corrected chi connectivity index (χ1v) is 6.80. The molecule has 6 heteroatoms. The van der Waals surface area contributed by atoms with E-state index in [4.69, 9.17) is 28.9 Å². The van der Waals surface area contributed by atoms with Crippen molar-refractivity contribution in [2.45, 2.75) is 6.04 Å². The first kappa shape index (κ1) is 14.7. The maximum Gasteiger partial charge on any atom is 0.145 e. The van der Waals surface area contributed by atoms with Gasteiger partial charge in [-0.05, 0) is 45.8 Å². The van der Waals surface area contributed by atoms with E-state index in [1.54, 1.807) is 12.1 Å². The van der Waals surface area contributed by atoms with Crippen molar-refractivity contribution in [3.05, 3.63) is 67.6 Å². The Morgan fingerprint density at radius 3 is 2.42 bits per heavy atom. The van der Waals surface area contributed by atoms with E-state index in [9.17, 15) is 8.78 Å². The SMILES string of the molecule is NC(c1ccc(Cl)cc1Cl)c1c(F)ccc(Br)c1F. The molecule has 0 radical (unpaired) electrons. The number of hydrogen-bond donors (Lipinski definition) is 1. The molecule has 0 aliphatic rings.